The quantitative estimate of drug-likeness (QED) is 0.639. The van der Waals surface area contributed by atoms with Crippen LogP contribution in [0, 0.1) is 19.3 Å². The Hall–Kier alpha value is -1.56. The van der Waals surface area contributed by atoms with Crippen LogP contribution < -0.4 is 10.6 Å². The molecule has 0 aliphatic heterocycles. The average molecular weight is 333 g/mol. The van der Waals surface area contributed by atoms with Gasteiger partial charge in [0, 0.05) is 50.0 Å². The van der Waals surface area contributed by atoms with Gasteiger partial charge in [-0.25, -0.2) is 0 Å². The van der Waals surface area contributed by atoms with Crippen molar-refractivity contribution in [2.75, 3.05) is 13.7 Å². The summed E-state index contributed by atoms with van der Waals surface area (Å²) in [6, 6.07) is 0.477. The maximum Gasteiger partial charge on any atom is 0.191 e. The summed E-state index contributed by atoms with van der Waals surface area (Å²) in [7, 11) is 3.83. The molecule has 3 rings (SSSR count). The minimum absolute atomic E-state index is 0.341. The van der Waals surface area contributed by atoms with Crippen LogP contribution in [0.25, 0.3) is 0 Å². The predicted molar refractivity (Wildman–Crippen MR) is 96.1 cm³/mol. The molecule has 0 radical (unpaired) electrons. The second-order valence-electron chi connectivity index (χ2n) is 7.16. The van der Waals surface area contributed by atoms with Crippen LogP contribution in [0.1, 0.15) is 49.6 Å². The normalized spacial score (nSPS) is 25.3. The number of hydrogen-bond donors (Lipinski definition) is 2. The number of nitrogens with zero attached hydrogens (tertiary/aromatic N) is 3. The van der Waals surface area contributed by atoms with Crippen molar-refractivity contribution in [1.29, 1.82) is 0 Å². The van der Waals surface area contributed by atoms with Gasteiger partial charge >= 0.3 is 0 Å². The Balaban J connectivity index is 1.58. The molecule has 1 heterocycles. The van der Waals surface area contributed by atoms with Gasteiger partial charge in [-0.1, -0.05) is 6.42 Å². The summed E-state index contributed by atoms with van der Waals surface area (Å²) in [6.07, 6.45) is 5.37. The molecule has 2 atom stereocenters. The van der Waals surface area contributed by atoms with E-state index in [9.17, 15) is 0 Å². The van der Waals surface area contributed by atoms with Gasteiger partial charge < -0.3 is 15.4 Å². The third-order valence-electron chi connectivity index (χ3n) is 6.06. The minimum Gasteiger partial charge on any atom is -0.378 e. The third-order valence-corrected chi connectivity index (χ3v) is 6.06. The van der Waals surface area contributed by atoms with Gasteiger partial charge in [0.2, 0.25) is 0 Å². The molecular formula is C18H31N5O. The topological polar surface area (TPSA) is 63.5 Å². The van der Waals surface area contributed by atoms with E-state index in [-0.39, 0.29) is 0 Å². The van der Waals surface area contributed by atoms with Crippen molar-refractivity contribution in [2.45, 2.75) is 65.1 Å². The molecule has 24 heavy (non-hydrogen) atoms. The molecule has 2 fully saturated rings. The maximum absolute atomic E-state index is 5.93. The highest BCUT2D eigenvalue weighted by atomic mass is 16.5. The highest BCUT2D eigenvalue weighted by Gasteiger charge is 2.59. The molecule has 1 aromatic rings. The van der Waals surface area contributed by atoms with Gasteiger partial charge in [0.1, 0.15) is 0 Å². The van der Waals surface area contributed by atoms with Crippen molar-refractivity contribution in [3.05, 3.63) is 17.0 Å². The van der Waals surface area contributed by atoms with Crippen molar-refractivity contribution < 1.29 is 4.74 Å². The summed E-state index contributed by atoms with van der Waals surface area (Å²) in [6.45, 7) is 7.81. The first-order valence-corrected chi connectivity index (χ1v) is 9.09. The lowest BCUT2D eigenvalue weighted by molar-refractivity contribution is -0.168. The van der Waals surface area contributed by atoms with Crippen LogP contribution >= 0.6 is 0 Å². The number of guanidine groups is 1. The zero-order valence-electron chi connectivity index (χ0n) is 15.6. The van der Waals surface area contributed by atoms with E-state index in [4.69, 9.17) is 4.74 Å². The zero-order chi connectivity index (χ0) is 17.3. The molecule has 2 aliphatic carbocycles. The summed E-state index contributed by atoms with van der Waals surface area (Å²) in [5, 5.41) is 11.6. The highest BCUT2D eigenvalue weighted by molar-refractivity contribution is 5.80. The summed E-state index contributed by atoms with van der Waals surface area (Å²) >= 11 is 0. The Morgan fingerprint density at radius 2 is 2.17 bits per heavy atom. The second kappa shape index (κ2) is 6.75. The largest absolute Gasteiger partial charge is 0.378 e. The first kappa shape index (κ1) is 17.3. The van der Waals surface area contributed by atoms with Gasteiger partial charge in [-0.15, -0.1) is 0 Å². The standard InChI is InChI=1S/C18H31N5O/c1-6-24-16-10-15(18(16)8-7-9-18)21-17(19-4)20-11-14-12(2)22-23(5)13(14)3/h15-16H,6-11H2,1-5H3,(H2,19,20,21). The molecule has 2 N–H and O–H groups in total. The Bertz CT molecular complexity index is 617. The zero-order valence-corrected chi connectivity index (χ0v) is 15.6. The van der Waals surface area contributed by atoms with Crippen LogP contribution in [-0.4, -0.2) is 41.5 Å². The Kier molecular flexibility index (Phi) is 4.85. The van der Waals surface area contributed by atoms with E-state index >= 15 is 0 Å². The fourth-order valence-electron chi connectivity index (χ4n) is 4.25. The van der Waals surface area contributed by atoms with Gasteiger partial charge in [0.25, 0.3) is 0 Å². The van der Waals surface area contributed by atoms with Crippen molar-refractivity contribution in [3.63, 3.8) is 0 Å². The molecule has 1 spiro atoms. The fourth-order valence-corrected chi connectivity index (χ4v) is 4.25. The van der Waals surface area contributed by atoms with Crippen LogP contribution in [0.2, 0.25) is 0 Å². The third kappa shape index (κ3) is 2.81. The number of aryl methyl sites for hydroxylation is 2. The second-order valence-corrected chi connectivity index (χ2v) is 7.16. The van der Waals surface area contributed by atoms with E-state index in [2.05, 4.69) is 41.5 Å². The van der Waals surface area contributed by atoms with Crippen LogP contribution in [0.15, 0.2) is 4.99 Å². The molecule has 2 saturated carbocycles. The van der Waals surface area contributed by atoms with Crippen LogP contribution in [0.5, 0.6) is 0 Å². The van der Waals surface area contributed by atoms with E-state index in [1.807, 2.05) is 18.8 Å². The van der Waals surface area contributed by atoms with Crippen LogP contribution in [-0.2, 0) is 18.3 Å². The summed E-state index contributed by atoms with van der Waals surface area (Å²) in [5.41, 5.74) is 3.87. The Morgan fingerprint density at radius 1 is 1.42 bits per heavy atom. The van der Waals surface area contributed by atoms with E-state index in [0.29, 0.717) is 17.6 Å². The lowest BCUT2D eigenvalue weighted by Crippen LogP contribution is -2.68. The molecule has 0 amide bonds. The van der Waals surface area contributed by atoms with Gasteiger partial charge in [0.05, 0.1) is 11.8 Å². The van der Waals surface area contributed by atoms with Crippen molar-refractivity contribution in [2.24, 2.45) is 17.5 Å². The van der Waals surface area contributed by atoms with E-state index in [1.54, 1.807) is 0 Å². The van der Waals surface area contributed by atoms with Crippen LogP contribution in [0.3, 0.4) is 0 Å². The van der Waals surface area contributed by atoms with E-state index in [1.165, 1.54) is 30.5 Å². The molecule has 6 nitrogen and oxygen atoms in total. The van der Waals surface area contributed by atoms with E-state index in [0.717, 1.165) is 31.2 Å². The lowest BCUT2D eigenvalue weighted by atomic mass is 9.51. The Morgan fingerprint density at radius 3 is 2.67 bits per heavy atom. The summed E-state index contributed by atoms with van der Waals surface area (Å²) in [4.78, 5) is 4.41. The molecule has 134 valence electrons. The first-order valence-electron chi connectivity index (χ1n) is 9.09. The highest BCUT2D eigenvalue weighted by Crippen LogP contribution is 2.57. The number of aliphatic imine (C=N–C) groups is 1. The monoisotopic (exact) mass is 333 g/mol. The number of nitrogens with one attached hydrogen (secondary N) is 2. The molecule has 0 saturated heterocycles. The maximum atomic E-state index is 5.93. The molecular weight excluding hydrogens is 302 g/mol. The van der Waals surface area contributed by atoms with Gasteiger partial charge in [0.15, 0.2) is 5.96 Å². The number of ether oxygens (including phenoxy) is 1. The average Bonchev–Trinajstić information content (AvgIpc) is 2.73. The molecule has 2 aliphatic rings. The number of aromatic nitrogens is 2. The summed E-state index contributed by atoms with van der Waals surface area (Å²) < 4.78 is 7.87. The van der Waals surface area contributed by atoms with Gasteiger partial charge in [-0.2, -0.15) is 5.10 Å². The van der Waals surface area contributed by atoms with Crippen molar-refractivity contribution >= 4 is 5.96 Å². The molecule has 6 heteroatoms. The van der Waals surface area contributed by atoms with E-state index < -0.39 is 0 Å². The Labute approximate surface area is 145 Å². The molecule has 1 aromatic heterocycles. The van der Waals surface area contributed by atoms with Gasteiger partial charge in [-0.05, 0) is 40.0 Å². The molecule has 0 aromatic carbocycles. The predicted octanol–water partition coefficient (Wildman–Crippen LogP) is 2.05. The van der Waals surface area contributed by atoms with Crippen molar-refractivity contribution in [3.8, 4) is 0 Å². The minimum atomic E-state index is 0.341. The van der Waals surface area contributed by atoms with Crippen molar-refractivity contribution in [1.82, 2.24) is 20.4 Å². The SMILES string of the molecule is CCOC1CC(NC(=NC)NCc2c(C)nn(C)c2C)C12CCC2. The van der Waals surface area contributed by atoms with Crippen LogP contribution in [0.4, 0.5) is 0 Å². The smallest absolute Gasteiger partial charge is 0.191 e. The number of hydrogen-bond acceptors (Lipinski definition) is 3. The number of rotatable bonds is 5. The first-order chi connectivity index (χ1) is 11.5. The summed E-state index contributed by atoms with van der Waals surface area (Å²) in [5.74, 6) is 0.879. The molecule has 2 unspecified atom stereocenters. The molecule has 0 bridgehead atoms. The fraction of sp³-hybridized carbons (Fsp3) is 0.778. The van der Waals surface area contributed by atoms with Gasteiger partial charge in [-0.3, -0.25) is 9.67 Å². The lowest BCUT2D eigenvalue weighted by Gasteiger charge is -2.61.